The Morgan fingerprint density at radius 2 is 1.91 bits per heavy atom. The Kier molecular flexibility index (Phi) is 5.32. The monoisotopic (exact) mass is 493 g/mol. The zero-order chi connectivity index (χ0) is 24.1. The molecule has 4 heterocycles. The fourth-order valence-electron chi connectivity index (χ4n) is 5.55. The van der Waals surface area contributed by atoms with Crippen molar-refractivity contribution in [3.63, 3.8) is 0 Å². The van der Waals surface area contributed by atoms with E-state index in [2.05, 4.69) is 35.2 Å². The Labute approximate surface area is 204 Å². The summed E-state index contributed by atoms with van der Waals surface area (Å²) in [5.74, 6) is -1.79. The summed E-state index contributed by atoms with van der Waals surface area (Å²) in [6.07, 6.45) is 8.21. The van der Waals surface area contributed by atoms with Gasteiger partial charge in [-0.2, -0.15) is 0 Å². The summed E-state index contributed by atoms with van der Waals surface area (Å²) < 4.78 is 15.9. The third-order valence-electron chi connectivity index (χ3n) is 7.16. The number of hydrogen-bond donors (Lipinski definition) is 3. The summed E-state index contributed by atoms with van der Waals surface area (Å²) in [6.45, 7) is 0. The zero-order valence-corrected chi connectivity index (χ0v) is 19.2. The molecule has 2 atom stereocenters. The lowest BCUT2D eigenvalue weighted by Crippen LogP contribution is -2.51. The first-order valence-electron chi connectivity index (χ1n) is 11.5. The third kappa shape index (κ3) is 3.78. The molecule has 3 aliphatic carbocycles. The maximum atomic E-state index is 15.9. The molecule has 0 unspecified atom stereocenters. The van der Waals surface area contributed by atoms with E-state index in [9.17, 15) is 9.90 Å². The molecule has 0 aliphatic heterocycles. The minimum absolute atomic E-state index is 0.00952. The van der Waals surface area contributed by atoms with Gasteiger partial charge in [-0.05, 0) is 49.7 Å². The lowest BCUT2D eigenvalue weighted by molar-refractivity contribution is -0.148. The lowest BCUT2D eigenvalue weighted by Gasteiger charge is -2.47. The number of nitrogens with one attached hydrogen (secondary N) is 2. The summed E-state index contributed by atoms with van der Waals surface area (Å²) in [7, 11) is 0. The summed E-state index contributed by atoms with van der Waals surface area (Å²) in [5.41, 5.74) is 1.77. The molecule has 3 fully saturated rings. The number of aromatic amines is 1. The van der Waals surface area contributed by atoms with Crippen molar-refractivity contribution in [3.05, 3.63) is 47.8 Å². The number of carbonyl (C=O) groups is 1. The molecule has 7 rings (SSSR count). The van der Waals surface area contributed by atoms with Crippen molar-refractivity contribution in [2.75, 3.05) is 5.32 Å². The first kappa shape index (κ1) is 21.8. The van der Waals surface area contributed by atoms with E-state index in [-0.39, 0.29) is 34.3 Å². The maximum absolute atomic E-state index is 15.9. The van der Waals surface area contributed by atoms with Gasteiger partial charge in [0.2, 0.25) is 0 Å². The summed E-state index contributed by atoms with van der Waals surface area (Å²) >= 11 is 6.06. The second kappa shape index (κ2) is 8.53. The molecule has 2 bridgehead atoms. The fraction of sp³-hybridized carbons (Fsp3) is 0.333. The van der Waals surface area contributed by atoms with Gasteiger partial charge in [0.25, 0.3) is 0 Å². The number of carboxylic acid groups (broad SMARTS) is 1. The first-order chi connectivity index (χ1) is 17.0. The molecule has 4 aromatic rings. The Balaban J connectivity index is 1.50. The molecule has 0 radical (unpaired) electrons. The number of rotatable bonds is 5. The van der Waals surface area contributed by atoms with Gasteiger partial charge in [-0.25, -0.2) is 24.3 Å². The minimum atomic E-state index is -0.863. The Morgan fingerprint density at radius 3 is 2.66 bits per heavy atom. The Morgan fingerprint density at radius 1 is 1.11 bits per heavy atom. The number of nitrogens with zero attached hydrogens (tertiary/aromatic N) is 5. The number of anilines is 1. The predicted molar refractivity (Wildman–Crippen MR) is 127 cm³/mol. The van der Waals surface area contributed by atoms with Crippen LogP contribution in [0.4, 0.5) is 10.2 Å². The molecule has 3 aliphatic rings. The number of hydrogen-bond acceptors (Lipinski definition) is 7. The average Bonchev–Trinajstić information content (AvgIpc) is 3.29. The van der Waals surface area contributed by atoms with Gasteiger partial charge >= 0.3 is 5.97 Å². The molecular formula is C24H21ClFN7O2. The molecule has 11 heteroatoms. The SMILES string of the molecule is O=C(O)[C@@H]1C2CCC(CC2)[C@H]1Nc1nc(-c2c[nH]c3ncc(Cl)nc23)nc(-c2ccccn2)c1F. The first-order valence-corrected chi connectivity index (χ1v) is 11.9. The van der Waals surface area contributed by atoms with Crippen molar-refractivity contribution < 1.29 is 14.3 Å². The van der Waals surface area contributed by atoms with Crippen LogP contribution in [-0.4, -0.2) is 47.0 Å². The van der Waals surface area contributed by atoms with Crippen molar-refractivity contribution in [2.24, 2.45) is 17.8 Å². The number of halogens is 2. The molecular weight excluding hydrogens is 473 g/mol. The van der Waals surface area contributed by atoms with E-state index in [1.165, 1.54) is 6.20 Å². The summed E-state index contributed by atoms with van der Waals surface area (Å²) in [5, 5.41) is 13.3. The van der Waals surface area contributed by atoms with E-state index in [1.54, 1.807) is 30.6 Å². The van der Waals surface area contributed by atoms with Crippen LogP contribution in [0.3, 0.4) is 0 Å². The number of aliphatic carboxylic acids is 1. The molecule has 0 spiro atoms. The number of carboxylic acids is 1. The quantitative estimate of drug-likeness (QED) is 0.368. The highest BCUT2D eigenvalue weighted by molar-refractivity contribution is 6.29. The molecule has 9 nitrogen and oxygen atoms in total. The highest BCUT2D eigenvalue weighted by Crippen LogP contribution is 2.46. The highest BCUT2D eigenvalue weighted by atomic mass is 35.5. The summed E-state index contributed by atoms with van der Waals surface area (Å²) in [4.78, 5) is 37.0. The smallest absolute Gasteiger partial charge is 0.308 e. The van der Waals surface area contributed by atoms with Crippen molar-refractivity contribution in [2.45, 2.75) is 31.7 Å². The van der Waals surface area contributed by atoms with E-state index in [0.29, 0.717) is 22.4 Å². The van der Waals surface area contributed by atoms with Crippen molar-refractivity contribution in [1.82, 2.24) is 29.9 Å². The standard InChI is InChI=1S/C24H21ClFN7O2/c25-15-10-29-23-19(30-15)13(9-28-23)21-32-20(14-3-1-2-8-27-14)17(26)22(33-21)31-18-12-6-4-11(5-7-12)16(18)24(34)35/h1-3,8-12,16,18H,4-7H2,(H,28,29)(H,34,35)(H,31,32,33)/t11?,12?,16-,18-/m1/s1. The van der Waals surface area contributed by atoms with Crippen molar-refractivity contribution >= 4 is 34.6 Å². The number of fused-ring (bicyclic) bond motifs is 4. The van der Waals surface area contributed by atoms with Gasteiger partial charge < -0.3 is 15.4 Å². The van der Waals surface area contributed by atoms with E-state index in [1.807, 2.05) is 0 Å². The zero-order valence-electron chi connectivity index (χ0n) is 18.4. The Bertz CT molecular complexity index is 1420. The van der Waals surface area contributed by atoms with Crippen LogP contribution < -0.4 is 5.32 Å². The maximum Gasteiger partial charge on any atom is 0.308 e. The molecule has 4 aromatic heterocycles. The van der Waals surface area contributed by atoms with Gasteiger partial charge in [0.05, 0.1) is 23.4 Å². The second-order valence-corrected chi connectivity index (χ2v) is 9.46. The fourth-order valence-corrected chi connectivity index (χ4v) is 5.68. The van der Waals surface area contributed by atoms with Crippen LogP contribution in [0.5, 0.6) is 0 Å². The van der Waals surface area contributed by atoms with Crippen LogP contribution in [-0.2, 0) is 4.79 Å². The van der Waals surface area contributed by atoms with Crippen LogP contribution in [0, 0.1) is 23.6 Å². The van der Waals surface area contributed by atoms with Crippen LogP contribution in [0.2, 0.25) is 5.15 Å². The van der Waals surface area contributed by atoms with Crippen molar-refractivity contribution in [1.29, 1.82) is 0 Å². The molecule has 178 valence electrons. The van der Waals surface area contributed by atoms with E-state index < -0.39 is 23.7 Å². The Hall–Kier alpha value is -3.66. The van der Waals surface area contributed by atoms with E-state index in [4.69, 9.17) is 11.6 Å². The lowest BCUT2D eigenvalue weighted by atomic mass is 9.61. The van der Waals surface area contributed by atoms with Gasteiger partial charge in [0, 0.05) is 18.4 Å². The molecule has 3 N–H and O–H groups in total. The molecule has 0 aromatic carbocycles. The second-order valence-electron chi connectivity index (χ2n) is 9.07. The van der Waals surface area contributed by atoms with E-state index in [0.717, 1.165) is 25.7 Å². The third-order valence-corrected chi connectivity index (χ3v) is 7.34. The number of H-pyrrole nitrogens is 1. The topological polar surface area (TPSA) is 130 Å². The van der Waals surface area contributed by atoms with E-state index >= 15 is 4.39 Å². The molecule has 35 heavy (non-hydrogen) atoms. The van der Waals surface area contributed by atoms with Gasteiger partial charge in [0.1, 0.15) is 16.4 Å². The predicted octanol–water partition coefficient (Wildman–Crippen LogP) is 4.57. The van der Waals surface area contributed by atoms with Gasteiger partial charge in [-0.15, -0.1) is 0 Å². The van der Waals surface area contributed by atoms with Crippen LogP contribution >= 0.6 is 11.6 Å². The van der Waals surface area contributed by atoms with Crippen molar-refractivity contribution in [3.8, 4) is 22.8 Å². The van der Waals surface area contributed by atoms with Crippen LogP contribution in [0.15, 0.2) is 36.8 Å². The largest absolute Gasteiger partial charge is 0.481 e. The van der Waals surface area contributed by atoms with Crippen LogP contribution in [0.1, 0.15) is 25.7 Å². The van der Waals surface area contributed by atoms with Crippen LogP contribution in [0.25, 0.3) is 33.9 Å². The normalized spacial score (nSPS) is 23.5. The number of aromatic nitrogens is 6. The highest BCUT2D eigenvalue weighted by Gasteiger charge is 2.47. The van der Waals surface area contributed by atoms with Gasteiger partial charge in [-0.3, -0.25) is 9.78 Å². The number of pyridine rings is 1. The average molecular weight is 494 g/mol. The molecule has 3 saturated carbocycles. The molecule has 0 saturated heterocycles. The molecule has 0 amide bonds. The minimum Gasteiger partial charge on any atom is -0.481 e. The summed E-state index contributed by atoms with van der Waals surface area (Å²) in [6, 6.07) is 4.71. The van der Waals surface area contributed by atoms with Gasteiger partial charge in [0.15, 0.2) is 23.1 Å². The van der Waals surface area contributed by atoms with Gasteiger partial charge in [-0.1, -0.05) is 17.7 Å².